The zero-order valence-electron chi connectivity index (χ0n) is 14.8. The van der Waals surface area contributed by atoms with E-state index in [-0.39, 0.29) is 22.7 Å². The van der Waals surface area contributed by atoms with Crippen LogP contribution in [0.5, 0.6) is 0 Å². The summed E-state index contributed by atoms with van der Waals surface area (Å²) in [6.07, 6.45) is 1.47. The maximum absolute atomic E-state index is 13.3. The fourth-order valence-corrected chi connectivity index (χ4v) is 6.06. The Balaban J connectivity index is 2.00. The van der Waals surface area contributed by atoms with Gasteiger partial charge >= 0.3 is 0 Å². The molecule has 26 heavy (non-hydrogen) atoms. The number of rotatable bonds is 5. The Kier molecular flexibility index (Phi) is 5.40. The van der Waals surface area contributed by atoms with E-state index >= 15 is 0 Å². The third-order valence-electron chi connectivity index (χ3n) is 4.43. The Hall–Kier alpha value is -1.84. The van der Waals surface area contributed by atoms with Crippen LogP contribution < -0.4 is 0 Å². The molecule has 1 aromatic carbocycles. The van der Waals surface area contributed by atoms with Crippen LogP contribution in [0.2, 0.25) is 0 Å². The van der Waals surface area contributed by atoms with Crippen LogP contribution in [0.15, 0.2) is 45.9 Å². The van der Waals surface area contributed by atoms with Gasteiger partial charge in [0.05, 0.1) is 17.0 Å². The number of carbonyl (C=O) groups excluding carboxylic acids is 1. The van der Waals surface area contributed by atoms with Crippen LogP contribution in [0.4, 0.5) is 0 Å². The van der Waals surface area contributed by atoms with Gasteiger partial charge in [0.15, 0.2) is 5.76 Å². The zero-order valence-corrected chi connectivity index (χ0v) is 16.5. The fraction of sp³-hybridized carbons (Fsp3) is 0.412. The van der Waals surface area contributed by atoms with E-state index in [9.17, 15) is 13.2 Å². The van der Waals surface area contributed by atoms with E-state index in [0.29, 0.717) is 17.1 Å². The molecule has 3 rings (SSSR count). The van der Waals surface area contributed by atoms with Crippen molar-refractivity contribution in [2.75, 3.05) is 18.7 Å². The molecule has 1 atom stereocenters. The molecule has 9 heteroatoms. The molecule has 0 saturated carbocycles. The lowest BCUT2D eigenvalue weighted by molar-refractivity contribution is -0.134. The minimum atomic E-state index is -3.87. The van der Waals surface area contributed by atoms with Crippen LogP contribution in [0, 0.1) is 0 Å². The molecule has 140 valence electrons. The molecular formula is C17H21N3O4S2. The molecule has 0 aliphatic carbocycles. The van der Waals surface area contributed by atoms with E-state index in [1.165, 1.54) is 28.3 Å². The third kappa shape index (κ3) is 3.38. The molecule has 1 unspecified atom stereocenters. The van der Waals surface area contributed by atoms with Crippen molar-refractivity contribution in [2.24, 2.45) is 0 Å². The summed E-state index contributed by atoms with van der Waals surface area (Å²) in [4.78, 5) is 14.5. The van der Waals surface area contributed by atoms with Crippen molar-refractivity contribution in [3.05, 3.63) is 36.5 Å². The molecular weight excluding hydrogens is 374 g/mol. The molecule has 0 N–H and O–H groups in total. The van der Waals surface area contributed by atoms with Gasteiger partial charge in [0.2, 0.25) is 15.9 Å². The Bertz CT molecular complexity index is 881. The maximum Gasteiger partial charge on any atom is 0.245 e. The molecule has 0 spiro atoms. The first-order chi connectivity index (χ1) is 12.3. The van der Waals surface area contributed by atoms with Crippen molar-refractivity contribution in [1.82, 2.24) is 14.4 Å². The average molecular weight is 396 g/mol. The average Bonchev–Trinajstić information content (AvgIpc) is 3.32. The minimum absolute atomic E-state index is 0.000802. The van der Waals surface area contributed by atoms with Gasteiger partial charge in [0.25, 0.3) is 0 Å². The van der Waals surface area contributed by atoms with E-state index < -0.39 is 16.1 Å². The van der Waals surface area contributed by atoms with Gasteiger partial charge in [-0.1, -0.05) is 17.3 Å². The van der Waals surface area contributed by atoms with Crippen molar-refractivity contribution in [3.63, 3.8) is 0 Å². The van der Waals surface area contributed by atoms with Crippen LogP contribution in [0.25, 0.3) is 11.3 Å². The zero-order chi connectivity index (χ0) is 18.9. The number of carbonyl (C=O) groups is 1. The highest BCUT2D eigenvalue weighted by Gasteiger charge is 2.42. The van der Waals surface area contributed by atoms with Crippen molar-refractivity contribution in [1.29, 1.82) is 0 Å². The Morgan fingerprint density at radius 2 is 2.08 bits per heavy atom. The number of hydrogen-bond acceptors (Lipinski definition) is 6. The van der Waals surface area contributed by atoms with Crippen LogP contribution in [-0.2, 0) is 14.8 Å². The van der Waals surface area contributed by atoms with Crippen LogP contribution in [-0.4, -0.2) is 59.4 Å². The van der Waals surface area contributed by atoms with Crippen LogP contribution in [0.3, 0.4) is 0 Å². The summed E-state index contributed by atoms with van der Waals surface area (Å²) < 4.78 is 33.1. The molecule has 0 radical (unpaired) electrons. The van der Waals surface area contributed by atoms with Gasteiger partial charge in [-0.3, -0.25) is 4.79 Å². The van der Waals surface area contributed by atoms with E-state index in [1.807, 2.05) is 13.8 Å². The quantitative estimate of drug-likeness (QED) is 0.772. The van der Waals surface area contributed by atoms with Crippen molar-refractivity contribution in [3.8, 4) is 11.3 Å². The first-order valence-corrected chi connectivity index (χ1v) is 10.8. The summed E-state index contributed by atoms with van der Waals surface area (Å²) in [5.41, 5.74) is 0.435. The highest BCUT2D eigenvalue weighted by molar-refractivity contribution is 8.00. The number of sulfonamides is 1. The molecule has 2 aromatic rings. The van der Waals surface area contributed by atoms with Gasteiger partial charge in [-0.05, 0) is 26.0 Å². The lowest BCUT2D eigenvalue weighted by Gasteiger charge is -2.29. The summed E-state index contributed by atoms with van der Waals surface area (Å²) in [5, 5.41) is 3.66. The highest BCUT2D eigenvalue weighted by atomic mass is 32.2. The molecule has 1 amide bonds. The Morgan fingerprint density at radius 3 is 2.73 bits per heavy atom. The van der Waals surface area contributed by atoms with E-state index in [0.717, 1.165) is 0 Å². The maximum atomic E-state index is 13.3. The van der Waals surface area contributed by atoms with E-state index in [2.05, 4.69) is 5.16 Å². The molecule has 1 aliphatic heterocycles. The van der Waals surface area contributed by atoms with E-state index in [4.69, 9.17) is 4.52 Å². The normalized spacial score (nSPS) is 18.4. The molecule has 1 aromatic heterocycles. The summed E-state index contributed by atoms with van der Waals surface area (Å²) in [6.45, 7) is 3.80. The molecule has 2 heterocycles. The molecule has 1 saturated heterocycles. The Morgan fingerprint density at radius 1 is 1.35 bits per heavy atom. The molecule has 1 fully saturated rings. The summed E-state index contributed by atoms with van der Waals surface area (Å²) >= 11 is 1.44. The van der Waals surface area contributed by atoms with Crippen molar-refractivity contribution >= 4 is 27.7 Å². The first-order valence-electron chi connectivity index (χ1n) is 8.20. The molecule has 1 aliphatic rings. The van der Waals surface area contributed by atoms with Gasteiger partial charge < -0.3 is 9.42 Å². The number of aromatic nitrogens is 1. The Labute approximate surface area is 157 Å². The number of hydrogen-bond donors (Lipinski definition) is 0. The monoisotopic (exact) mass is 395 g/mol. The second kappa shape index (κ2) is 7.42. The topological polar surface area (TPSA) is 83.7 Å². The third-order valence-corrected chi connectivity index (χ3v) is 7.51. The van der Waals surface area contributed by atoms with E-state index in [1.54, 1.807) is 36.2 Å². The largest absolute Gasteiger partial charge is 0.356 e. The SMILES string of the molecule is CC(C)N(C)C(=O)C1CSCN1S(=O)(=O)c1ccccc1-c1ccno1. The number of nitrogens with zero attached hydrogens (tertiary/aromatic N) is 3. The second-order valence-electron chi connectivity index (χ2n) is 6.32. The lowest BCUT2D eigenvalue weighted by atomic mass is 10.2. The van der Waals surface area contributed by atoms with Crippen LogP contribution in [0.1, 0.15) is 13.8 Å². The second-order valence-corrected chi connectivity index (χ2v) is 9.18. The smallest absolute Gasteiger partial charge is 0.245 e. The molecule has 0 bridgehead atoms. The van der Waals surface area contributed by atoms with Crippen molar-refractivity contribution < 1.29 is 17.7 Å². The lowest BCUT2D eigenvalue weighted by Crippen LogP contribution is -2.49. The van der Waals surface area contributed by atoms with Gasteiger partial charge in [-0.2, -0.15) is 4.31 Å². The van der Waals surface area contributed by atoms with Crippen LogP contribution >= 0.6 is 11.8 Å². The first kappa shape index (κ1) is 18.9. The number of benzene rings is 1. The predicted octanol–water partition coefficient (Wildman–Crippen LogP) is 2.27. The predicted molar refractivity (Wildman–Crippen MR) is 100.0 cm³/mol. The summed E-state index contributed by atoms with van der Waals surface area (Å²) in [5.74, 6) is 0.874. The number of thioether (sulfide) groups is 1. The summed E-state index contributed by atoms with van der Waals surface area (Å²) in [6, 6.07) is 7.51. The van der Waals surface area contributed by atoms with Gasteiger partial charge in [0.1, 0.15) is 6.04 Å². The number of amides is 1. The van der Waals surface area contributed by atoms with Crippen molar-refractivity contribution in [2.45, 2.75) is 30.8 Å². The summed E-state index contributed by atoms with van der Waals surface area (Å²) in [7, 11) is -2.17. The molecule has 7 nitrogen and oxygen atoms in total. The minimum Gasteiger partial charge on any atom is -0.356 e. The van der Waals surface area contributed by atoms with Gasteiger partial charge in [-0.25, -0.2) is 8.42 Å². The van der Waals surface area contributed by atoms with Gasteiger partial charge in [-0.15, -0.1) is 11.8 Å². The standard InChI is InChI=1S/C17H21N3O4S2/c1-12(2)19(3)17(21)14-10-25-11-20(14)26(22,23)16-7-5-4-6-13(16)15-8-9-18-24-15/h4-9,12,14H,10-11H2,1-3H3. The number of likely N-dealkylation sites (N-methyl/N-ethyl adjacent to an activating group) is 1. The highest BCUT2D eigenvalue weighted by Crippen LogP contribution is 2.34. The van der Waals surface area contributed by atoms with Gasteiger partial charge in [0, 0.05) is 30.5 Å². The fourth-order valence-electron chi connectivity index (χ4n) is 2.72.